The van der Waals surface area contributed by atoms with Crippen molar-refractivity contribution in [3.05, 3.63) is 21.0 Å². The molecule has 1 rings (SSSR count). The zero-order valence-electron chi connectivity index (χ0n) is 10.5. The number of hydrogen-bond donors (Lipinski definition) is 1. The van der Waals surface area contributed by atoms with Crippen LogP contribution in [0.15, 0.2) is 19.6 Å². The first-order valence-electron chi connectivity index (χ1n) is 5.84. The molecule has 0 saturated carbocycles. The highest BCUT2D eigenvalue weighted by Crippen LogP contribution is 2.31. The van der Waals surface area contributed by atoms with Crippen molar-refractivity contribution in [3.8, 4) is 0 Å². The summed E-state index contributed by atoms with van der Waals surface area (Å²) in [7, 11) is 2.09. The van der Waals surface area contributed by atoms with Gasteiger partial charge < -0.3 is 10.2 Å². The van der Waals surface area contributed by atoms with Crippen molar-refractivity contribution in [2.24, 2.45) is 11.7 Å². The van der Waals surface area contributed by atoms with Crippen LogP contribution in [0.5, 0.6) is 0 Å². The second-order valence-electron chi connectivity index (χ2n) is 4.47. The molecule has 0 fully saturated rings. The molecule has 0 aliphatic carbocycles. The molecule has 0 saturated heterocycles. The van der Waals surface area contributed by atoms with Gasteiger partial charge in [0.2, 0.25) is 0 Å². The fraction of sp³-hybridized carbons (Fsp3) is 0.667. The summed E-state index contributed by atoms with van der Waals surface area (Å²) in [4.78, 5) is 2.26. The van der Waals surface area contributed by atoms with E-state index in [9.17, 15) is 0 Å². The first kappa shape index (κ1) is 15.2. The normalized spacial score (nSPS) is 15.2. The molecule has 1 heterocycles. The summed E-state index contributed by atoms with van der Waals surface area (Å²) in [5, 5.41) is 0. The van der Waals surface area contributed by atoms with Gasteiger partial charge in [-0.15, -0.1) is 0 Å². The second-order valence-corrected chi connectivity index (χ2v) is 6.05. The van der Waals surface area contributed by atoms with Gasteiger partial charge in [-0.25, -0.2) is 0 Å². The molecule has 0 radical (unpaired) electrons. The predicted molar refractivity (Wildman–Crippen MR) is 78.0 cm³/mol. The van der Waals surface area contributed by atoms with Crippen molar-refractivity contribution in [2.75, 3.05) is 20.1 Å². The summed E-state index contributed by atoms with van der Waals surface area (Å²) in [5.74, 6) is 1.56. The van der Waals surface area contributed by atoms with Crippen LogP contribution in [0.3, 0.4) is 0 Å². The van der Waals surface area contributed by atoms with Crippen LogP contribution in [0.2, 0.25) is 0 Å². The Hall–Kier alpha value is 0.160. The number of nitrogens with zero attached hydrogens (tertiary/aromatic N) is 1. The molecule has 2 atom stereocenters. The van der Waals surface area contributed by atoms with E-state index in [1.165, 1.54) is 6.42 Å². The number of furan rings is 1. The lowest BCUT2D eigenvalue weighted by Gasteiger charge is -2.27. The molecule has 0 bridgehead atoms. The first-order chi connectivity index (χ1) is 7.99. The molecule has 0 amide bonds. The number of nitrogens with two attached hydrogens (primary N) is 1. The molecule has 0 aliphatic rings. The Morgan fingerprint density at radius 3 is 2.53 bits per heavy atom. The molecule has 0 aliphatic heterocycles. The highest BCUT2D eigenvalue weighted by Gasteiger charge is 2.21. The number of rotatable bonds is 6. The van der Waals surface area contributed by atoms with E-state index >= 15 is 0 Å². The number of halogens is 2. The Kier molecular flexibility index (Phi) is 6.20. The van der Waals surface area contributed by atoms with E-state index in [4.69, 9.17) is 10.2 Å². The van der Waals surface area contributed by atoms with Crippen molar-refractivity contribution >= 4 is 31.9 Å². The molecule has 0 aromatic carbocycles. The molecule has 5 heteroatoms. The molecule has 0 spiro atoms. The van der Waals surface area contributed by atoms with E-state index in [0.717, 1.165) is 21.4 Å². The quantitative estimate of drug-likeness (QED) is 0.831. The monoisotopic (exact) mass is 366 g/mol. The molecule has 2 N–H and O–H groups in total. The molecule has 17 heavy (non-hydrogen) atoms. The highest BCUT2D eigenvalue weighted by molar-refractivity contribution is 9.13. The summed E-state index contributed by atoms with van der Waals surface area (Å²) in [6.07, 6.45) is 1.17. The van der Waals surface area contributed by atoms with Crippen molar-refractivity contribution in [2.45, 2.75) is 26.3 Å². The summed E-state index contributed by atoms with van der Waals surface area (Å²) < 4.78 is 7.31. The smallest absolute Gasteiger partial charge is 0.183 e. The Labute approximate surface area is 120 Å². The van der Waals surface area contributed by atoms with Crippen molar-refractivity contribution in [3.63, 3.8) is 0 Å². The maximum Gasteiger partial charge on any atom is 0.183 e. The summed E-state index contributed by atoms with van der Waals surface area (Å²) in [6.45, 7) is 6.03. The minimum atomic E-state index is 0.131. The number of hydrogen-bond acceptors (Lipinski definition) is 3. The van der Waals surface area contributed by atoms with E-state index in [2.05, 4.69) is 57.7 Å². The van der Waals surface area contributed by atoms with Crippen LogP contribution >= 0.6 is 31.9 Å². The lowest BCUT2D eigenvalue weighted by atomic mass is 10.1. The Morgan fingerprint density at radius 2 is 2.12 bits per heavy atom. The Morgan fingerprint density at radius 1 is 1.47 bits per heavy atom. The Balaban J connectivity index is 2.76. The van der Waals surface area contributed by atoms with Gasteiger partial charge >= 0.3 is 0 Å². The van der Waals surface area contributed by atoms with Gasteiger partial charge in [-0.1, -0.05) is 20.3 Å². The van der Waals surface area contributed by atoms with Gasteiger partial charge in [0.1, 0.15) is 5.76 Å². The van der Waals surface area contributed by atoms with E-state index in [1.807, 2.05) is 6.07 Å². The molecular formula is C12H20Br2N2O. The van der Waals surface area contributed by atoms with Crippen LogP contribution in [0.25, 0.3) is 0 Å². The van der Waals surface area contributed by atoms with Gasteiger partial charge in [-0.05, 0) is 50.9 Å². The minimum absolute atomic E-state index is 0.131. The van der Waals surface area contributed by atoms with E-state index in [-0.39, 0.29) is 6.04 Å². The van der Waals surface area contributed by atoms with Crippen LogP contribution in [0, 0.1) is 5.92 Å². The van der Waals surface area contributed by atoms with Crippen molar-refractivity contribution in [1.29, 1.82) is 0 Å². The average molecular weight is 368 g/mol. The topological polar surface area (TPSA) is 42.4 Å². The molecule has 1 aromatic rings. The highest BCUT2D eigenvalue weighted by atomic mass is 79.9. The zero-order valence-corrected chi connectivity index (χ0v) is 13.7. The van der Waals surface area contributed by atoms with E-state index in [0.29, 0.717) is 12.5 Å². The van der Waals surface area contributed by atoms with Gasteiger partial charge in [-0.2, -0.15) is 0 Å². The van der Waals surface area contributed by atoms with Gasteiger partial charge in [0.05, 0.1) is 10.5 Å². The van der Waals surface area contributed by atoms with Crippen LogP contribution in [-0.4, -0.2) is 25.0 Å². The average Bonchev–Trinajstić information content (AvgIpc) is 2.59. The first-order valence-corrected chi connectivity index (χ1v) is 7.43. The Bertz CT molecular complexity index is 335. The van der Waals surface area contributed by atoms with Gasteiger partial charge in [0.15, 0.2) is 4.67 Å². The number of likely N-dealkylation sites (N-methyl/N-ethyl adjacent to an activating group) is 1. The second kappa shape index (κ2) is 6.92. The molecule has 3 nitrogen and oxygen atoms in total. The lowest BCUT2D eigenvalue weighted by Crippen LogP contribution is -2.33. The lowest BCUT2D eigenvalue weighted by molar-refractivity contribution is 0.191. The van der Waals surface area contributed by atoms with Gasteiger partial charge in [0, 0.05) is 13.1 Å². The maximum atomic E-state index is 5.85. The maximum absolute atomic E-state index is 5.85. The van der Waals surface area contributed by atoms with Crippen LogP contribution in [0.4, 0.5) is 0 Å². The summed E-state index contributed by atoms with van der Waals surface area (Å²) >= 11 is 6.78. The van der Waals surface area contributed by atoms with Crippen LogP contribution < -0.4 is 5.73 Å². The van der Waals surface area contributed by atoms with Gasteiger partial charge in [-0.3, -0.25) is 4.90 Å². The van der Waals surface area contributed by atoms with Crippen LogP contribution in [0.1, 0.15) is 32.1 Å². The minimum Gasteiger partial charge on any atom is -0.451 e. The largest absolute Gasteiger partial charge is 0.451 e. The fourth-order valence-corrected chi connectivity index (χ4v) is 2.40. The van der Waals surface area contributed by atoms with Crippen molar-refractivity contribution in [1.82, 2.24) is 4.90 Å². The van der Waals surface area contributed by atoms with Crippen LogP contribution in [-0.2, 0) is 0 Å². The van der Waals surface area contributed by atoms with Crippen molar-refractivity contribution < 1.29 is 4.42 Å². The molecule has 2 unspecified atom stereocenters. The third kappa shape index (κ3) is 4.09. The third-order valence-electron chi connectivity index (χ3n) is 3.04. The summed E-state index contributed by atoms with van der Waals surface area (Å²) in [5.41, 5.74) is 5.85. The van der Waals surface area contributed by atoms with Gasteiger partial charge in [0.25, 0.3) is 0 Å². The summed E-state index contributed by atoms with van der Waals surface area (Å²) in [6, 6.07) is 2.11. The standard InChI is InChI=1S/C12H20Br2N2O/c1-4-8(2)7-16(3)10(6-15)11-5-9(13)12(14)17-11/h5,8,10H,4,6-7,15H2,1-3H3. The SMILES string of the molecule is CCC(C)CN(C)C(CN)c1cc(Br)c(Br)o1. The van der Waals surface area contributed by atoms with E-state index < -0.39 is 0 Å². The predicted octanol–water partition coefficient (Wildman–Crippen LogP) is 3.78. The molecule has 1 aromatic heterocycles. The fourth-order valence-electron chi connectivity index (χ4n) is 1.79. The zero-order chi connectivity index (χ0) is 13.0. The van der Waals surface area contributed by atoms with E-state index in [1.54, 1.807) is 0 Å². The molecular weight excluding hydrogens is 348 g/mol. The third-order valence-corrected chi connectivity index (χ3v) is 4.75. The molecule has 98 valence electrons.